The van der Waals surface area contributed by atoms with Crippen molar-refractivity contribution in [3.8, 4) is 0 Å². The molecule has 1 atom stereocenters. The molecule has 0 aromatic heterocycles. The zero-order valence-corrected chi connectivity index (χ0v) is 16.4. The van der Waals surface area contributed by atoms with Crippen molar-refractivity contribution in [1.82, 2.24) is 0 Å². The predicted octanol–water partition coefficient (Wildman–Crippen LogP) is 4.95. The third kappa shape index (κ3) is 3.31. The van der Waals surface area contributed by atoms with Crippen LogP contribution in [0.15, 0.2) is 60.7 Å². The number of hydrogen-bond acceptors (Lipinski definition) is 3. The molecule has 0 spiro atoms. The molecule has 144 valence electrons. The first-order valence-corrected chi connectivity index (χ1v) is 9.91. The van der Waals surface area contributed by atoms with E-state index in [0.717, 1.165) is 37.3 Å². The molecule has 1 fully saturated rings. The highest BCUT2D eigenvalue weighted by atomic mass is 16.4. The molecule has 1 aliphatic rings. The third-order valence-electron chi connectivity index (χ3n) is 5.81. The number of rotatable bonds is 5. The Bertz CT molecular complexity index is 1010. The van der Waals surface area contributed by atoms with Crippen LogP contribution in [0.2, 0.25) is 0 Å². The summed E-state index contributed by atoms with van der Waals surface area (Å²) in [4.78, 5) is 16.1. The Morgan fingerprint density at radius 2 is 1.93 bits per heavy atom. The molecule has 3 aromatic rings. The second kappa shape index (κ2) is 7.55. The monoisotopic (exact) mass is 374 g/mol. The van der Waals surface area contributed by atoms with Gasteiger partial charge in [0, 0.05) is 42.4 Å². The van der Waals surface area contributed by atoms with Crippen molar-refractivity contribution < 1.29 is 9.90 Å². The van der Waals surface area contributed by atoms with E-state index in [-0.39, 0.29) is 0 Å². The van der Waals surface area contributed by atoms with Crippen molar-refractivity contribution in [3.05, 3.63) is 71.8 Å². The van der Waals surface area contributed by atoms with Crippen molar-refractivity contribution in [2.75, 3.05) is 29.4 Å². The molecule has 3 aromatic carbocycles. The molecule has 0 saturated carbocycles. The van der Waals surface area contributed by atoms with E-state index in [1.807, 2.05) is 13.0 Å². The van der Waals surface area contributed by atoms with Crippen LogP contribution in [0, 0.1) is 6.92 Å². The lowest BCUT2D eigenvalue weighted by Gasteiger charge is -2.31. The molecule has 0 bridgehead atoms. The highest BCUT2D eigenvalue weighted by Crippen LogP contribution is 2.32. The van der Waals surface area contributed by atoms with E-state index in [2.05, 4.69) is 59.2 Å². The highest BCUT2D eigenvalue weighted by molar-refractivity contribution is 5.94. The van der Waals surface area contributed by atoms with Gasteiger partial charge in [-0.1, -0.05) is 36.4 Å². The number of anilines is 2. The van der Waals surface area contributed by atoms with Crippen molar-refractivity contribution in [1.29, 1.82) is 0 Å². The first-order valence-electron chi connectivity index (χ1n) is 9.91. The van der Waals surface area contributed by atoms with Crippen molar-refractivity contribution >= 4 is 28.1 Å². The van der Waals surface area contributed by atoms with Crippen LogP contribution < -0.4 is 9.80 Å². The number of nitrogens with zero attached hydrogens (tertiary/aromatic N) is 2. The molecular weight excluding hydrogens is 348 g/mol. The van der Waals surface area contributed by atoms with Gasteiger partial charge in [0.15, 0.2) is 0 Å². The number of likely N-dealkylation sites (N-methyl/N-ethyl adjacent to an activating group) is 1. The van der Waals surface area contributed by atoms with Gasteiger partial charge in [-0.2, -0.15) is 0 Å². The minimum Gasteiger partial charge on any atom is -0.478 e. The van der Waals surface area contributed by atoms with Gasteiger partial charge in [0.05, 0.1) is 5.56 Å². The number of carboxylic acid groups (broad SMARTS) is 1. The van der Waals surface area contributed by atoms with Crippen molar-refractivity contribution in [2.45, 2.75) is 26.3 Å². The summed E-state index contributed by atoms with van der Waals surface area (Å²) < 4.78 is 0. The van der Waals surface area contributed by atoms with Gasteiger partial charge < -0.3 is 14.9 Å². The van der Waals surface area contributed by atoms with Crippen molar-refractivity contribution in [3.63, 3.8) is 0 Å². The third-order valence-corrected chi connectivity index (χ3v) is 5.81. The summed E-state index contributed by atoms with van der Waals surface area (Å²) in [5.74, 6) is -0.873. The van der Waals surface area contributed by atoms with Crippen LogP contribution in [0.5, 0.6) is 0 Å². The molecule has 4 heteroatoms. The van der Waals surface area contributed by atoms with E-state index in [4.69, 9.17) is 0 Å². The van der Waals surface area contributed by atoms with Gasteiger partial charge in [0.1, 0.15) is 0 Å². The average molecular weight is 374 g/mol. The predicted molar refractivity (Wildman–Crippen MR) is 116 cm³/mol. The lowest BCUT2D eigenvalue weighted by Crippen LogP contribution is -2.37. The summed E-state index contributed by atoms with van der Waals surface area (Å²) in [6.07, 6.45) is 1.09. The molecule has 0 unspecified atom stereocenters. The number of carboxylic acids is 1. The first kappa shape index (κ1) is 18.4. The van der Waals surface area contributed by atoms with Crippen LogP contribution in [-0.4, -0.2) is 36.8 Å². The summed E-state index contributed by atoms with van der Waals surface area (Å²) in [5, 5.41) is 11.8. The SMILES string of the molecule is CCN(c1cccc2ccccc12)[C@H]1CCN(c2ccc(C(=O)O)cc2C)C1. The van der Waals surface area contributed by atoms with Gasteiger partial charge in [-0.25, -0.2) is 4.79 Å². The Kier molecular flexibility index (Phi) is 4.95. The molecule has 1 saturated heterocycles. The van der Waals surface area contributed by atoms with Gasteiger partial charge >= 0.3 is 5.97 Å². The normalized spacial score (nSPS) is 16.5. The lowest BCUT2D eigenvalue weighted by atomic mass is 10.1. The summed E-state index contributed by atoms with van der Waals surface area (Å²) in [6, 6.07) is 21.0. The maximum Gasteiger partial charge on any atom is 0.335 e. The van der Waals surface area contributed by atoms with Crippen LogP contribution in [0.3, 0.4) is 0 Å². The fourth-order valence-electron chi connectivity index (χ4n) is 4.44. The molecule has 1 heterocycles. The standard InChI is InChI=1S/C24H26N2O2/c1-3-26(23-10-6-8-18-7-4-5-9-21(18)23)20-13-14-25(16-20)22-12-11-19(24(27)28)15-17(22)2/h4-12,15,20H,3,13-14,16H2,1-2H3,(H,27,28)/t20-/m0/s1. The topological polar surface area (TPSA) is 43.8 Å². The van der Waals surface area contributed by atoms with E-state index < -0.39 is 5.97 Å². The Balaban J connectivity index is 1.60. The Labute approximate surface area is 166 Å². The molecule has 4 nitrogen and oxygen atoms in total. The summed E-state index contributed by atoms with van der Waals surface area (Å²) >= 11 is 0. The number of fused-ring (bicyclic) bond motifs is 1. The summed E-state index contributed by atoms with van der Waals surface area (Å²) in [7, 11) is 0. The molecule has 1 N–H and O–H groups in total. The van der Waals surface area contributed by atoms with Crippen molar-refractivity contribution in [2.24, 2.45) is 0 Å². The van der Waals surface area contributed by atoms with Gasteiger partial charge in [0.25, 0.3) is 0 Å². The zero-order chi connectivity index (χ0) is 19.7. The Morgan fingerprint density at radius 1 is 1.14 bits per heavy atom. The number of aryl methyl sites for hydroxylation is 1. The molecule has 1 aliphatic heterocycles. The van der Waals surface area contributed by atoms with E-state index in [1.54, 1.807) is 12.1 Å². The maximum absolute atomic E-state index is 11.2. The minimum atomic E-state index is -0.873. The van der Waals surface area contributed by atoms with E-state index in [1.165, 1.54) is 16.5 Å². The van der Waals surface area contributed by atoms with Crippen LogP contribution in [0.25, 0.3) is 10.8 Å². The first-order chi connectivity index (χ1) is 13.6. The molecular formula is C24H26N2O2. The summed E-state index contributed by atoms with van der Waals surface area (Å²) in [6.45, 7) is 7.11. The van der Waals surface area contributed by atoms with Gasteiger partial charge in [-0.05, 0) is 55.5 Å². The van der Waals surface area contributed by atoms with Gasteiger partial charge in [0.2, 0.25) is 0 Å². The fraction of sp³-hybridized carbons (Fsp3) is 0.292. The molecule has 28 heavy (non-hydrogen) atoms. The second-order valence-electron chi connectivity index (χ2n) is 7.48. The average Bonchev–Trinajstić information content (AvgIpc) is 3.18. The highest BCUT2D eigenvalue weighted by Gasteiger charge is 2.29. The van der Waals surface area contributed by atoms with Gasteiger partial charge in [-0.3, -0.25) is 0 Å². The Morgan fingerprint density at radius 3 is 2.68 bits per heavy atom. The molecule has 0 aliphatic carbocycles. The lowest BCUT2D eigenvalue weighted by molar-refractivity contribution is 0.0697. The van der Waals surface area contributed by atoms with Crippen LogP contribution >= 0.6 is 0 Å². The number of benzene rings is 3. The Hall–Kier alpha value is -3.01. The molecule has 0 amide bonds. The summed E-state index contributed by atoms with van der Waals surface area (Å²) in [5.41, 5.74) is 3.81. The minimum absolute atomic E-state index is 0.350. The number of aromatic carboxylic acids is 1. The zero-order valence-electron chi connectivity index (χ0n) is 16.4. The smallest absolute Gasteiger partial charge is 0.335 e. The van der Waals surface area contributed by atoms with Crippen LogP contribution in [0.1, 0.15) is 29.3 Å². The molecule has 4 rings (SSSR count). The van der Waals surface area contributed by atoms with Gasteiger partial charge in [-0.15, -0.1) is 0 Å². The van der Waals surface area contributed by atoms with E-state index in [9.17, 15) is 9.90 Å². The number of carbonyl (C=O) groups is 1. The largest absolute Gasteiger partial charge is 0.478 e. The van der Waals surface area contributed by atoms with E-state index in [0.29, 0.717) is 11.6 Å². The fourth-order valence-corrected chi connectivity index (χ4v) is 4.44. The van der Waals surface area contributed by atoms with E-state index >= 15 is 0 Å². The maximum atomic E-state index is 11.2. The van der Waals surface area contributed by atoms with Crippen LogP contribution in [0.4, 0.5) is 11.4 Å². The molecule has 0 radical (unpaired) electrons. The second-order valence-corrected chi connectivity index (χ2v) is 7.48. The quantitative estimate of drug-likeness (QED) is 0.686. The number of hydrogen-bond donors (Lipinski definition) is 1. The van der Waals surface area contributed by atoms with Crippen LogP contribution in [-0.2, 0) is 0 Å².